The van der Waals surface area contributed by atoms with Gasteiger partial charge in [-0.2, -0.15) is 0 Å². The normalized spacial score (nSPS) is 17.7. The SMILES string of the molecule is C=N/C=C\C(=NC)C1=CCC(C)=CC(Cl)=C1. The molecule has 0 aromatic carbocycles. The van der Waals surface area contributed by atoms with E-state index in [-0.39, 0.29) is 0 Å². The summed E-state index contributed by atoms with van der Waals surface area (Å²) in [6.07, 6.45) is 10.3. The largest absolute Gasteiger partial charge is 0.288 e. The van der Waals surface area contributed by atoms with Gasteiger partial charge in [-0.1, -0.05) is 23.3 Å². The number of aliphatic imine (C=N–C) groups is 2. The molecule has 0 aliphatic heterocycles. The van der Waals surface area contributed by atoms with E-state index in [1.165, 1.54) is 5.57 Å². The molecule has 0 aromatic rings. The quantitative estimate of drug-likeness (QED) is 0.666. The number of rotatable bonds is 3. The highest BCUT2D eigenvalue weighted by atomic mass is 35.5. The molecule has 0 N–H and O–H groups in total. The van der Waals surface area contributed by atoms with Crippen LogP contribution in [-0.4, -0.2) is 19.5 Å². The number of nitrogens with zero attached hydrogens (tertiary/aromatic N) is 2. The number of halogens is 1. The lowest BCUT2D eigenvalue weighted by Crippen LogP contribution is -1.96. The zero-order valence-corrected chi connectivity index (χ0v) is 10.3. The van der Waals surface area contributed by atoms with Gasteiger partial charge in [-0.05, 0) is 43.9 Å². The van der Waals surface area contributed by atoms with Gasteiger partial charge in [0.1, 0.15) is 0 Å². The summed E-state index contributed by atoms with van der Waals surface area (Å²) >= 11 is 6.07. The molecule has 1 rings (SSSR count). The molecule has 0 atom stereocenters. The molecule has 1 aliphatic carbocycles. The average Bonchev–Trinajstić information content (AvgIpc) is 2.41. The number of hydrogen-bond acceptors (Lipinski definition) is 2. The summed E-state index contributed by atoms with van der Waals surface area (Å²) in [5, 5.41) is 0.724. The molecule has 2 nitrogen and oxygen atoms in total. The Hall–Kier alpha value is -1.41. The van der Waals surface area contributed by atoms with Crippen LogP contribution in [0.3, 0.4) is 0 Å². The predicted molar refractivity (Wildman–Crippen MR) is 72.4 cm³/mol. The second-order valence-corrected chi connectivity index (χ2v) is 3.93. The van der Waals surface area contributed by atoms with Crippen molar-refractivity contribution in [2.75, 3.05) is 7.05 Å². The standard InChI is InChI=1S/C13H15ClN2/c1-10-4-5-11(9-12(14)8-10)13(16-3)6-7-15-2/h5-9H,2,4H2,1,3H3/b7-6-,16-13?. The van der Waals surface area contributed by atoms with E-state index in [1.54, 1.807) is 13.2 Å². The van der Waals surface area contributed by atoms with Gasteiger partial charge in [-0.25, -0.2) is 0 Å². The zero-order chi connectivity index (χ0) is 12.0. The molecule has 0 spiro atoms. The van der Waals surface area contributed by atoms with E-state index in [0.717, 1.165) is 22.7 Å². The van der Waals surface area contributed by atoms with Gasteiger partial charge in [0.15, 0.2) is 0 Å². The molecule has 84 valence electrons. The van der Waals surface area contributed by atoms with Crippen LogP contribution in [0.1, 0.15) is 13.3 Å². The highest BCUT2D eigenvalue weighted by Gasteiger charge is 2.05. The van der Waals surface area contributed by atoms with Gasteiger partial charge in [0.25, 0.3) is 0 Å². The molecule has 1 aliphatic rings. The Morgan fingerprint density at radius 3 is 2.88 bits per heavy atom. The Balaban J connectivity index is 3.01. The predicted octanol–water partition coefficient (Wildman–Crippen LogP) is 3.67. The molecular weight excluding hydrogens is 220 g/mol. The maximum Gasteiger partial charge on any atom is 0.0655 e. The first-order valence-corrected chi connectivity index (χ1v) is 5.39. The monoisotopic (exact) mass is 234 g/mol. The number of allylic oxidation sites excluding steroid dienone is 7. The molecular formula is C13H15ClN2. The first-order chi connectivity index (χ1) is 7.67. The Morgan fingerprint density at radius 2 is 2.25 bits per heavy atom. The fourth-order valence-corrected chi connectivity index (χ4v) is 1.72. The van der Waals surface area contributed by atoms with Gasteiger partial charge in [0.05, 0.1) is 5.71 Å². The van der Waals surface area contributed by atoms with E-state index in [4.69, 9.17) is 11.6 Å². The fraction of sp³-hybridized carbons (Fsp3) is 0.231. The van der Waals surface area contributed by atoms with Crippen LogP contribution in [0.4, 0.5) is 0 Å². The topological polar surface area (TPSA) is 24.7 Å². The first-order valence-electron chi connectivity index (χ1n) is 5.01. The van der Waals surface area contributed by atoms with Crippen LogP contribution >= 0.6 is 11.6 Å². The van der Waals surface area contributed by atoms with Crippen molar-refractivity contribution in [1.29, 1.82) is 0 Å². The van der Waals surface area contributed by atoms with Gasteiger partial charge >= 0.3 is 0 Å². The molecule has 0 amide bonds. The Morgan fingerprint density at radius 1 is 1.50 bits per heavy atom. The minimum atomic E-state index is 0.724. The second-order valence-electron chi connectivity index (χ2n) is 3.49. The van der Waals surface area contributed by atoms with Crippen LogP contribution in [-0.2, 0) is 0 Å². The summed E-state index contributed by atoms with van der Waals surface area (Å²) in [4.78, 5) is 7.87. The molecule has 16 heavy (non-hydrogen) atoms. The third-order valence-electron chi connectivity index (χ3n) is 2.20. The lowest BCUT2D eigenvalue weighted by Gasteiger charge is -2.00. The second kappa shape index (κ2) is 6.23. The Kier molecular flexibility index (Phi) is 4.93. The molecule has 0 radical (unpaired) electrons. The summed E-state index contributed by atoms with van der Waals surface area (Å²) in [5.41, 5.74) is 3.10. The summed E-state index contributed by atoms with van der Waals surface area (Å²) in [6.45, 7) is 5.45. The summed E-state index contributed by atoms with van der Waals surface area (Å²) in [7, 11) is 1.75. The van der Waals surface area contributed by atoms with Crippen molar-refractivity contribution in [3.8, 4) is 0 Å². The van der Waals surface area contributed by atoms with Crippen molar-refractivity contribution < 1.29 is 0 Å². The minimum absolute atomic E-state index is 0.724. The van der Waals surface area contributed by atoms with E-state index in [0.29, 0.717) is 0 Å². The molecule has 0 bridgehead atoms. The van der Waals surface area contributed by atoms with Crippen LogP contribution in [0.5, 0.6) is 0 Å². The Labute approximate surface area is 101 Å². The van der Waals surface area contributed by atoms with Gasteiger partial charge in [0.2, 0.25) is 0 Å². The lowest BCUT2D eigenvalue weighted by atomic mass is 10.1. The van der Waals surface area contributed by atoms with Crippen molar-refractivity contribution in [1.82, 2.24) is 0 Å². The third kappa shape index (κ3) is 3.63. The van der Waals surface area contributed by atoms with E-state index in [2.05, 4.69) is 29.7 Å². The molecule has 0 saturated carbocycles. The van der Waals surface area contributed by atoms with E-state index in [1.807, 2.05) is 18.2 Å². The molecule has 3 heteroatoms. The van der Waals surface area contributed by atoms with Crippen LogP contribution < -0.4 is 0 Å². The van der Waals surface area contributed by atoms with Crippen LogP contribution in [0.2, 0.25) is 0 Å². The maximum absolute atomic E-state index is 6.07. The van der Waals surface area contributed by atoms with Crippen LogP contribution in [0.15, 0.2) is 56.7 Å². The first kappa shape index (κ1) is 12.7. The summed E-state index contributed by atoms with van der Waals surface area (Å²) in [5.74, 6) is 0. The van der Waals surface area contributed by atoms with Gasteiger partial charge < -0.3 is 0 Å². The maximum atomic E-state index is 6.07. The minimum Gasteiger partial charge on any atom is -0.288 e. The van der Waals surface area contributed by atoms with E-state index < -0.39 is 0 Å². The number of hydrogen-bond donors (Lipinski definition) is 0. The van der Waals surface area contributed by atoms with Crippen molar-refractivity contribution in [2.24, 2.45) is 9.98 Å². The van der Waals surface area contributed by atoms with Crippen molar-refractivity contribution in [3.05, 3.63) is 46.7 Å². The van der Waals surface area contributed by atoms with Crippen molar-refractivity contribution >= 4 is 24.0 Å². The highest BCUT2D eigenvalue weighted by Crippen LogP contribution is 2.20. The highest BCUT2D eigenvalue weighted by molar-refractivity contribution is 6.32. The lowest BCUT2D eigenvalue weighted by molar-refractivity contribution is 1.21. The third-order valence-corrected chi connectivity index (χ3v) is 2.41. The van der Waals surface area contributed by atoms with E-state index >= 15 is 0 Å². The van der Waals surface area contributed by atoms with Crippen molar-refractivity contribution in [2.45, 2.75) is 13.3 Å². The molecule has 0 heterocycles. The van der Waals surface area contributed by atoms with E-state index in [9.17, 15) is 0 Å². The molecule has 0 unspecified atom stereocenters. The Bertz CT molecular complexity index is 423. The zero-order valence-electron chi connectivity index (χ0n) is 9.57. The van der Waals surface area contributed by atoms with Crippen molar-refractivity contribution in [3.63, 3.8) is 0 Å². The van der Waals surface area contributed by atoms with Gasteiger partial charge in [-0.15, -0.1) is 0 Å². The fourth-order valence-electron chi connectivity index (χ4n) is 1.42. The summed E-state index contributed by atoms with van der Waals surface area (Å²) < 4.78 is 0. The smallest absolute Gasteiger partial charge is 0.0655 e. The molecule has 0 aromatic heterocycles. The van der Waals surface area contributed by atoms with Crippen LogP contribution in [0, 0.1) is 0 Å². The van der Waals surface area contributed by atoms with Crippen LogP contribution in [0.25, 0.3) is 0 Å². The summed E-state index contributed by atoms with van der Waals surface area (Å²) in [6, 6.07) is 0. The molecule has 0 fully saturated rings. The van der Waals surface area contributed by atoms with Gasteiger partial charge in [0, 0.05) is 18.3 Å². The van der Waals surface area contributed by atoms with Gasteiger partial charge in [-0.3, -0.25) is 9.98 Å². The molecule has 0 saturated heterocycles. The average molecular weight is 235 g/mol.